The average molecular weight is 464 g/mol. The normalized spacial score (nSPS) is 33.0. The van der Waals surface area contributed by atoms with Crippen molar-refractivity contribution in [2.45, 2.75) is 85.0 Å². The van der Waals surface area contributed by atoms with Crippen molar-refractivity contribution in [1.29, 1.82) is 0 Å². The van der Waals surface area contributed by atoms with Gasteiger partial charge in [0.2, 0.25) is 0 Å². The van der Waals surface area contributed by atoms with Crippen LogP contribution in [0.4, 0.5) is 0 Å². The van der Waals surface area contributed by atoms with Crippen molar-refractivity contribution in [2.75, 3.05) is 0 Å². The molecule has 0 aromatic carbocycles. The molecule has 0 saturated carbocycles. The second kappa shape index (κ2) is 12.4. The molecular formula is C25H37NO5S. The van der Waals surface area contributed by atoms with Crippen molar-refractivity contribution < 1.29 is 24.5 Å². The van der Waals surface area contributed by atoms with E-state index in [1.165, 1.54) is 0 Å². The van der Waals surface area contributed by atoms with E-state index < -0.39 is 36.1 Å². The van der Waals surface area contributed by atoms with Crippen LogP contribution in [0.15, 0.2) is 23.1 Å². The van der Waals surface area contributed by atoms with Crippen molar-refractivity contribution in [3.05, 3.63) is 33.8 Å². The molecule has 0 amide bonds. The SMILES string of the molecule is C/C(=C\c1csc(C)n1)[C@@H]1C/C=C\CCC[C@H](C)[C@H](O)[C@@H](C)C(=O)[C@@H](C)[C@@H](O)CC(=O)O1. The van der Waals surface area contributed by atoms with Gasteiger partial charge in [0.15, 0.2) is 0 Å². The van der Waals surface area contributed by atoms with Crippen LogP contribution in [-0.4, -0.2) is 45.3 Å². The Morgan fingerprint density at radius 2 is 1.91 bits per heavy atom. The number of cyclic esters (lactones) is 1. The highest BCUT2D eigenvalue weighted by Gasteiger charge is 2.34. The Balaban J connectivity index is 2.21. The summed E-state index contributed by atoms with van der Waals surface area (Å²) in [5.41, 5.74) is 1.70. The highest BCUT2D eigenvalue weighted by molar-refractivity contribution is 7.09. The van der Waals surface area contributed by atoms with E-state index in [2.05, 4.69) is 11.1 Å². The van der Waals surface area contributed by atoms with Crippen molar-refractivity contribution in [1.82, 2.24) is 4.98 Å². The van der Waals surface area contributed by atoms with Crippen molar-refractivity contribution in [3.63, 3.8) is 0 Å². The molecule has 1 aromatic heterocycles. The van der Waals surface area contributed by atoms with Crippen molar-refractivity contribution in [2.24, 2.45) is 17.8 Å². The molecule has 0 saturated heterocycles. The molecular weight excluding hydrogens is 426 g/mol. The van der Waals surface area contributed by atoms with E-state index in [1.54, 1.807) is 25.2 Å². The Labute approximate surface area is 195 Å². The van der Waals surface area contributed by atoms with Gasteiger partial charge in [-0.05, 0) is 50.7 Å². The fraction of sp³-hybridized carbons (Fsp3) is 0.640. The number of carbonyl (C=O) groups excluding carboxylic acids is 2. The molecule has 2 rings (SSSR count). The second-order valence-corrected chi connectivity index (χ2v) is 10.1. The lowest BCUT2D eigenvalue weighted by Gasteiger charge is -2.28. The topological polar surface area (TPSA) is 96.7 Å². The van der Waals surface area contributed by atoms with Gasteiger partial charge in [-0.25, -0.2) is 4.98 Å². The van der Waals surface area contributed by atoms with Crippen LogP contribution >= 0.6 is 11.3 Å². The summed E-state index contributed by atoms with van der Waals surface area (Å²) >= 11 is 1.56. The Hall–Kier alpha value is -1.83. The summed E-state index contributed by atoms with van der Waals surface area (Å²) in [6, 6.07) is 0. The summed E-state index contributed by atoms with van der Waals surface area (Å²) in [5.74, 6) is -2.17. The summed E-state index contributed by atoms with van der Waals surface area (Å²) < 4.78 is 5.71. The van der Waals surface area contributed by atoms with Crippen LogP contribution in [0.25, 0.3) is 6.08 Å². The number of hydrogen-bond acceptors (Lipinski definition) is 7. The molecule has 6 nitrogen and oxygen atoms in total. The maximum atomic E-state index is 12.8. The minimum Gasteiger partial charge on any atom is -0.457 e. The second-order valence-electron chi connectivity index (χ2n) is 9.02. The Morgan fingerprint density at radius 3 is 2.56 bits per heavy atom. The molecule has 0 radical (unpaired) electrons. The molecule has 0 spiro atoms. The lowest BCUT2D eigenvalue weighted by atomic mass is 9.81. The smallest absolute Gasteiger partial charge is 0.309 e. The summed E-state index contributed by atoms with van der Waals surface area (Å²) in [6.07, 6.45) is 6.41. The third kappa shape index (κ3) is 7.64. The van der Waals surface area contributed by atoms with Crippen LogP contribution in [0.3, 0.4) is 0 Å². The zero-order valence-corrected chi connectivity index (χ0v) is 20.6. The Kier molecular flexibility index (Phi) is 10.3. The number of Topliss-reactive ketones (excluding diaryl/α,β-unsaturated/α-hetero) is 1. The third-order valence-corrected chi connectivity index (χ3v) is 7.08. The molecule has 2 N–H and O–H groups in total. The van der Waals surface area contributed by atoms with Gasteiger partial charge in [0.1, 0.15) is 11.9 Å². The quantitative estimate of drug-likeness (QED) is 0.496. The van der Waals surface area contributed by atoms with Gasteiger partial charge in [-0.3, -0.25) is 9.59 Å². The molecule has 7 heteroatoms. The van der Waals surface area contributed by atoms with Crippen LogP contribution in [0, 0.1) is 24.7 Å². The fourth-order valence-electron chi connectivity index (χ4n) is 3.99. The van der Waals surface area contributed by atoms with E-state index in [1.807, 2.05) is 38.3 Å². The van der Waals surface area contributed by atoms with Gasteiger partial charge in [0, 0.05) is 23.6 Å². The van der Waals surface area contributed by atoms with E-state index >= 15 is 0 Å². The van der Waals surface area contributed by atoms with E-state index in [4.69, 9.17) is 4.74 Å². The Morgan fingerprint density at radius 1 is 1.19 bits per heavy atom. The molecule has 0 aliphatic carbocycles. The number of hydrogen-bond donors (Lipinski definition) is 2. The van der Waals surface area contributed by atoms with Crippen LogP contribution < -0.4 is 0 Å². The molecule has 1 aliphatic heterocycles. The molecule has 2 heterocycles. The van der Waals surface area contributed by atoms with E-state index in [9.17, 15) is 19.8 Å². The van der Waals surface area contributed by atoms with Gasteiger partial charge < -0.3 is 14.9 Å². The molecule has 32 heavy (non-hydrogen) atoms. The third-order valence-electron chi connectivity index (χ3n) is 6.29. The van der Waals surface area contributed by atoms with Crippen LogP contribution in [0.1, 0.15) is 70.5 Å². The zero-order valence-electron chi connectivity index (χ0n) is 19.8. The van der Waals surface area contributed by atoms with Crippen molar-refractivity contribution >= 4 is 29.2 Å². The minimum absolute atomic E-state index is 0.0240. The molecule has 178 valence electrons. The molecule has 1 aliphatic rings. The van der Waals surface area contributed by atoms with Gasteiger partial charge in [-0.15, -0.1) is 11.3 Å². The van der Waals surface area contributed by atoms with E-state index in [0.717, 1.165) is 35.5 Å². The number of esters is 1. The first-order valence-corrected chi connectivity index (χ1v) is 12.3. The number of nitrogens with zero attached hydrogens (tertiary/aromatic N) is 1. The maximum Gasteiger partial charge on any atom is 0.309 e. The largest absolute Gasteiger partial charge is 0.457 e. The summed E-state index contributed by atoms with van der Waals surface area (Å²) in [6.45, 7) is 9.10. The zero-order chi connectivity index (χ0) is 23.8. The van der Waals surface area contributed by atoms with Gasteiger partial charge in [-0.2, -0.15) is 0 Å². The summed E-state index contributed by atoms with van der Waals surface area (Å²) in [5, 5.41) is 24.0. The summed E-state index contributed by atoms with van der Waals surface area (Å²) in [7, 11) is 0. The van der Waals surface area contributed by atoms with Gasteiger partial charge in [0.25, 0.3) is 0 Å². The number of ether oxygens (including phenoxy) is 1. The number of rotatable bonds is 2. The number of carbonyl (C=O) groups is 2. The molecule has 1 aromatic rings. The first-order valence-electron chi connectivity index (χ1n) is 11.4. The summed E-state index contributed by atoms with van der Waals surface area (Å²) in [4.78, 5) is 29.8. The molecule has 6 atom stereocenters. The number of aryl methyl sites for hydroxylation is 1. The van der Waals surface area contributed by atoms with Crippen molar-refractivity contribution in [3.8, 4) is 0 Å². The van der Waals surface area contributed by atoms with Crippen LogP contribution in [-0.2, 0) is 14.3 Å². The monoisotopic (exact) mass is 463 g/mol. The highest BCUT2D eigenvalue weighted by Crippen LogP contribution is 2.25. The minimum atomic E-state index is -1.16. The van der Waals surface area contributed by atoms with Crippen LogP contribution in [0.5, 0.6) is 0 Å². The van der Waals surface area contributed by atoms with Gasteiger partial charge >= 0.3 is 5.97 Å². The lowest BCUT2D eigenvalue weighted by Crippen LogP contribution is -2.39. The molecule has 0 unspecified atom stereocenters. The number of aromatic nitrogens is 1. The Bertz CT molecular complexity index is 830. The predicted molar refractivity (Wildman–Crippen MR) is 127 cm³/mol. The number of aliphatic hydroxyl groups is 2. The first kappa shape index (κ1) is 26.4. The number of thiazole rings is 1. The number of aliphatic hydroxyl groups excluding tert-OH is 2. The number of allylic oxidation sites excluding steroid dienone is 1. The average Bonchev–Trinajstić information content (AvgIpc) is 3.16. The molecule has 0 bridgehead atoms. The standard InChI is InChI=1S/C25H37NO5S/c1-15-10-8-6-7-9-11-22(16(2)12-20-14-32-19(5)26-20)31-23(28)13-21(27)17(3)25(30)18(4)24(15)29/h7,9,12,14-15,17-18,21-22,24,27,29H,6,8,10-11,13H2,1-5H3/b9-7-,16-12+/t15-,17-,18+,21-,22-,24-/m0/s1. The molecule has 0 fully saturated rings. The van der Waals surface area contributed by atoms with Gasteiger partial charge in [-0.1, -0.05) is 32.9 Å². The fourth-order valence-corrected chi connectivity index (χ4v) is 4.56. The number of ketones is 1. The van der Waals surface area contributed by atoms with Crippen LogP contribution in [0.2, 0.25) is 0 Å². The highest BCUT2D eigenvalue weighted by atomic mass is 32.1. The maximum absolute atomic E-state index is 12.8. The van der Waals surface area contributed by atoms with E-state index in [0.29, 0.717) is 6.42 Å². The van der Waals surface area contributed by atoms with Gasteiger partial charge in [0.05, 0.1) is 29.3 Å². The van der Waals surface area contributed by atoms with E-state index in [-0.39, 0.29) is 18.1 Å². The first-order chi connectivity index (χ1) is 15.1. The lowest BCUT2D eigenvalue weighted by molar-refractivity contribution is -0.151. The predicted octanol–water partition coefficient (Wildman–Crippen LogP) is 4.49.